The van der Waals surface area contributed by atoms with Crippen molar-refractivity contribution in [3.63, 3.8) is 0 Å². The SMILES string of the molecule is CC1(C)OCC([C@H](/C=[N+](\[O-])Cc2ccccc2)O[Si](C)(C)C(C)(C)C)O1. The van der Waals surface area contributed by atoms with E-state index in [1.54, 1.807) is 6.21 Å². The molecule has 0 aromatic heterocycles. The van der Waals surface area contributed by atoms with Crippen molar-refractivity contribution in [3.05, 3.63) is 41.1 Å². The summed E-state index contributed by atoms with van der Waals surface area (Å²) in [5, 5.41) is 12.6. The van der Waals surface area contributed by atoms with Gasteiger partial charge in [-0.2, -0.15) is 0 Å². The Morgan fingerprint density at radius 2 is 1.92 bits per heavy atom. The van der Waals surface area contributed by atoms with Crippen LogP contribution in [0.1, 0.15) is 40.2 Å². The van der Waals surface area contributed by atoms with Crippen molar-refractivity contribution in [2.45, 2.75) is 77.3 Å². The highest BCUT2D eigenvalue weighted by molar-refractivity contribution is 6.74. The Balaban J connectivity index is 2.21. The van der Waals surface area contributed by atoms with Gasteiger partial charge in [0.15, 0.2) is 33.0 Å². The number of hydrogen-bond acceptors (Lipinski definition) is 4. The minimum atomic E-state index is -2.07. The molecular weight excluding hydrogens is 346 g/mol. The fourth-order valence-electron chi connectivity index (χ4n) is 2.58. The largest absolute Gasteiger partial charge is 0.624 e. The summed E-state index contributed by atoms with van der Waals surface area (Å²) in [6.45, 7) is 15.4. The second kappa shape index (κ2) is 7.80. The van der Waals surface area contributed by atoms with Crippen LogP contribution in [0.5, 0.6) is 0 Å². The van der Waals surface area contributed by atoms with Gasteiger partial charge in [0.1, 0.15) is 6.10 Å². The topological polar surface area (TPSA) is 53.8 Å². The zero-order chi connectivity index (χ0) is 19.6. The first-order chi connectivity index (χ1) is 11.9. The van der Waals surface area contributed by atoms with Gasteiger partial charge in [0, 0.05) is 5.56 Å². The van der Waals surface area contributed by atoms with Crippen molar-refractivity contribution in [3.8, 4) is 0 Å². The lowest BCUT2D eigenvalue weighted by atomic mass is 10.2. The van der Waals surface area contributed by atoms with E-state index >= 15 is 0 Å². The average molecular weight is 380 g/mol. The smallest absolute Gasteiger partial charge is 0.193 e. The first-order valence-electron chi connectivity index (χ1n) is 9.22. The fraction of sp³-hybridized carbons (Fsp3) is 0.650. The molecule has 2 rings (SSSR count). The molecule has 0 N–H and O–H groups in total. The maximum Gasteiger partial charge on any atom is 0.193 e. The van der Waals surface area contributed by atoms with E-state index in [-0.39, 0.29) is 17.7 Å². The van der Waals surface area contributed by atoms with Crippen LogP contribution in [0.2, 0.25) is 18.1 Å². The predicted octanol–water partition coefficient (Wildman–Crippen LogP) is 4.31. The van der Waals surface area contributed by atoms with Gasteiger partial charge in [-0.15, -0.1) is 0 Å². The maximum atomic E-state index is 12.6. The van der Waals surface area contributed by atoms with Gasteiger partial charge in [-0.1, -0.05) is 51.1 Å². The van der Waals surface area contributed by atoms with E-state index in [0.717, 1.165) is 10.3 Å². The zero-order valence-electron chi connectivity index (χ0n) is 17.1. The van der Waals surface area contributed by atoms with Crippen molar-refractivity contribution in [2.24, 2.45) is 0 Å². The lowest BCUT2D eigenvalue weighted by molar-refractivity contribution is -0.473. The molecule has 2 atom stereocenters. The Labute approximate surface area is 158 Å². The highest BCUT2D eigenvalue weighted by Crippen LogP contribution is 2.38. The second-order valence-corrected chi connectivity index (χ2v) is 13.7. The van der Waals surface area contributed by atoms with Crippen LogP contribution in [0.4, 0.5) is 0 Å². The summed E-state index contributed by atoms with van der Waals surface area (Å²) in [7, 11) is -2.07. The van der Waals surface area contributed by atoms with E-state index in [2.05, 4.69) is 33.9 Å². The van der Waals surface area contributed by atoms with Crippen LogP contribution in [-0.2, 0) is 20.4 Å². The predicted molar refractivity (Wildman–Crippen MR) is 107 cm³/mol. The van der Waals surface area contributed by atoms with Gasteiger partial charge in [-0.25, -0.2) is 4.74 Å². The summed E-state index contributed by atoms with van der Waals surface area (Å²) in [4.78, 5) is 0. The van der Waals surface area contributed by atoms with E-state index in [4.69, 9.17) is 13.9 Å². The third kappa shape index (κ3) is 5.64. The van der Waals surface area contributed by atoms with Crippen LogP contribution < -0.4 is 0 Å². The molecule has 1 aliphatic heterocycles. The number of hydroxylamine groups is 1. The highest BCUT2D eigenvalue weighted by Gasteiger charge is 2.45. The Bertz CT molecular complexity index is 622. The Morgan fingerprint density at radius 1 is 1.31 bits per heavy atom. The average Bonchev–Trinajstić information content (AvgIpc) is 2.86. The van der Waals surface area contributed by atoms with Crippen LogP contribution >= 0.6 is 0 Å². The highest BCUT2D eigenvalue weighted by atomic mass is 28.4. The molecule has 1 aliphatic rings. The number of benzene rings is 1. The molecule has 1 unspecified atom stereocenters. The molecule has 1 aromatic rings. The van der Waals surface area contributed by atoms with Gasteiger partial charge in [0.2, 0.25) is 0 Å². The minimum absolute atomic E-state index is 0.0429. The standard InChI is InChI=1S/C20H33NO4Si/c1-19(2,3)26(6,7)25-17(18-15-23-20(4,5)24-18)14-21(22)13-16-11-9-8-10-12-16/h8-12,14,17-18H,13,15H2,1-7H3/b21-14-/t17-,18?/m0/s1. The summed E-state index contributed by atoms with van der Waals surface area (Å²) in [5.74, 6) is -0.652. The van der Waals surface area contributed by atoms with Crippen molar-refractivity contribution in [1.82, 2.24) is 0 Å². The molecule has 0 bridgehead atoms. The number of rotatable bonds is 6. The molecule has 0 saturated carbocycles. The molecule has 146 valence electrons. The van der Waals surface area contributed by atoms with Crippen molar-refractivity contribution in [1.29, 1.82) is 0 Å². The fourth-order valence-corrected chi connectivity index (χ4v) is 3.82. The molecule has 0 aliphatic carbocycles. The van der Waals surface area contributed by atoms with Crippen molar-refractivity contribution >= 4 is 14.5 Å². The zero-order valence-corrected chi connectivity index (χ0v) is 18.1. The van der Waals surface area contributed by atoms with E-state index < -0.39 is 20.2 Å². The normalized spacial score (nSPS) is 22.4. The molecule has 5 nitrogen and oxygen atoms in total. The second-order valence-electron chi connectivity index (χ2n) is 8.92. The quantitative estimate of drug-likeness (QED) is 0.243. The summed E-state index contributed by atoms with van der Waals surface area (Å²) in [5.41, 5.74) is 0.966. The molecule has 1 fully saturated rings. The third-order valence-corrected chi connectivity index (χ3v) is 9.60. The van der Waals surface area contributed by atoms with E-state index in [1.807, 2.05) is 44.2 Å². The molecule has 26 heavy (non-hydrogen) atoms. The van der Waals surface area contributed by atoms with Gasteiger partial charge >= 0.3 is 0 Å². The Hall–Kier alpha value is -1.21. The van der Waals surface area contributed by atoms with Crippen LogP contribution in [0.25, 0.3) is 0 Å². The van der Waals surface area contributed by atoms with E-state index in [1.165, 1.54) is 0 Å². The molecule has 0 amide bonds. The molecule has 6 heteroatoms. The van der Waals surface area contributed by atoms with Gasteiger partial charge in [0.25, 0.3) is 0 Å². The minimum Gasteiger partial charge on any atom is -0.624 e. The van der Waals surface area contributed by atoms with Gasteiger partial charge < -0.3 is 19.1 Å². The monoisotopic (exact) mass is 379 g/mol. The van der Waals surface area contributed by atoms with E-state index in [0.29, 0.717) is 6.61 Å². The Morgan fingerprint density at radius 3 is 2.42 bits per heavy atom. The first kappa shape index (κ1) is 21.1. The molecule has 0 spiro atoms. The summed E-state index contributed by atoms with van der Waals surface area (Å²) >= 11 is 0. The van der Waals surface area contributed by atoms with Gasteiger partial charge in [-0.05, 0) is 32.0 Å². The van der Waals surface area contributed by atoms with Crippen LogP contribution in [-0.4, -0.2) is 43.9 Å². The van der Waals surface area contributed by atoms with Crippen LogP contribution in [0, 0.1) is 5.21 Å². The van der Waals surface area contributed by atoms with Crippen LogP contribution in [0.3, 0.4) is 0 Å². The molecule has 1 heterocycles. The summed E-state index contributed by atoms with van der Waals surface area (Å²) < 4.78 is 19.2. The van der Waals surface area contributed by atoms with Gasteiger partial charge in [0.05, 0.1) is 6.61 Å². The molecule has 1 aromatic carbocycles. The van der Waals surface area contributed by atoms with E-state index in [9.17, 15) is 5.21 Å². The van der Waals surface area contributed by atoms with Crippen LogP contribution in [0.15, 0.2) is 30.3 Å². The van der Waals surface area contributed by atoms with Crippen molar-refractivity contribution in [2.75, 3.05) is 6.61 Å². The molecular formula is C20H33NO4Si. The molecule has 1 saturated heterocycles. The number of nitrogens with zero attached hydrogens (tertiary/aromatic N) is 1. The number of hydrogen-bond donors (Lipinski definition) is 0. The van der Waals surface area contributed by atoms with Crippen molar-refractivity contribution < 1.29 is 18.6 Å². The number of ether oxygens (including phenoxy) is 2. The Kier molecular flexibility index (Phi) is 6.33. The summed E-state index contributed by atoms with van der Waals surface area (Å²) in [6, 6.07) is 9.70. The van der Waals surface area contributed by atoms with Gasteiger partial charge in [-0.3, -0.25) is 0 Å². The molecule has 0 radical (unpaired) electrons. The summed E-state index contributed by atoms with van der Waals surface area (Å²) in [6.07, 6.45) is 0.897. The lowest BCUT2D eigenvalue weighted by Gasteiger charge is -2.39. The lowest BCUT2D eigenvalue weighted by Crippen LogP contribution is -2.49. The first-order valence-corrected chi connectivity index (χ1v) is 12.1. The third-order valence-electron chi connectivity index (χ3n) is 5.13. The maximum absolute atomic E-state index is 12.6.